The summed E-state index contributed by atoms with van der Waals surface area (Å²) in [5, 5.41) is 12.6. The maximum Gasteiger partial charge on any atom is 0.408 e. The minimum Gasteiger partial charge on any atom is -0.428 e. The van der Waals surface area contributed by atoms with E-state index in [9.17, 15) is 14.7 Å². The molecule has 102 valence electrons. The lowest BCUT2D eigenvalue weighted by atomic mass is 9.81. The number of ether oxygens (including phenoxy) is 1. The summed E-state index contributed by atoms with van der Waals surface area (Å²) in [6.45, 7) is 0. The Morgan fingerprint density at radius 2 is 2.25 bits per heavy atom. The van der Waals surface area contributed by atoms with E-state index in [4.69, 9.17) is 4.74 Å². The van der Waals surface area contributed by atoms with Crippen LogP contribution < -0.4 is 5.32 Å². The molecule has 0 aliphatic heterocycles. The van der Waals surface area contributed by atoms with Crippen LogP contribution in [0.2, 0.25) is 0 Å². The van der Waals surface area contributed by atoms with Crippen molar-refractivity contribution in [3.05, 3.63) is 23.8 Å². The van der Waals surface area contributed by atoms with Crippen LogP contribution >= 0.6 is 0 Å². The van der Waals surface area contributed by atoms with Crippen LogP contribution in [0.4, 0.5) is 4.79 Å². The Hall–Kier alpha value is -2.50. The number of amides is 1. The quantitative estimate of drug-likeness (QED) is 0.673. The third kappa shape index (κ3) is 2.74. The molecule has 2 N–H and O–H groups in total. The van der Waals surface area contributed by atoms with Crippen molar-refractivity contribution in [2.75, 3.05) is 7.05 Å². The monoisotopic (exact) mass is 271 g/mol. The summed E-state index contributed by atoms with van der Waals surface area (Å²) in [7, 11) is 1.41. The van der Waals surface area contributed by atoms with Crippen LogP contribution in [0.1, 0.15) is 12.8 Å². The highest BCUT2D eigenvalue weighted by molar-refractivity contribution is 6.06. The summed E-state index contributed by atoms with van der Waals surface area (Å²) < 4.78 is 5.07. The number of nitrogens with one attached hydrogen (secondary N) is 1. The zero-order chi connectivity index (χ0) is 14.6. The molecule has 0 saturated heterocycles. The van der Waals surface area contributed by atoms with Crippen LogP contribution in [-0.2, 0) is 9.53 Å². The molecule has 1 amide bonds. The van der Waals surface area contributed by atoms with E-state index in [0.29, 0.717) is 6.42 Å². The van der Waals surface area contributed by atoms with E-state index in [2.05, 4.69) is 29.0 Å². The Morgan fingerprint density at radius 3 is 3.00 bits per heavy atom. The molecule has 2 aliphatic rings. The highest BCUT2D eigenvalue weighted by Gasteiger charge is 2.41. The summed E-state index contributed by atoms with van der Waals surface area (Å²) in [6, 6.07) is 0. The van der Waals surface area contributed by atoms with Gasteiger partial charge in [-0.2, -0.15) is 0 Å². The number of ketones is 1. The Morgan fingerprint density at radius 1 is 1.50 bits per heavy atom. The molecule has 2 atom stereocenters. The number of alkyl carbamates (subject to hydrolysis) is 1. The molecular formula is C15H13NO4. The highest BCUT2D eigenvalue weighted by atomic mass is 16.6. The Bertz CT molecular complexity index is 624. The molecule has 5 heteroatoms. The average molecular weight is 271 g/mol. The standard InChI is InChI=1S/C15H13NO4/c1-16-14(18)20-12-8-4-2-3-5-9-15(19)10-6-7-11(12)13(15)17/h2-3,7,12,19H,6,10H2,1H3,(H,16,18)/b3-2+. The molecule has 20 heavy (non-hydrogen) atoms. The number of rotatable bonds is 1. The first-order valence-electron chi connectivity index (χ1n) is 6.11. The van der Waals surface area contributed by atoms with Gasteiger partial charge in [-0.15, -0.1) is 0 Å². The van der Waals surface area contributed by atoms with Gasteiger partial charge >= 0.3 is 6.09 Å². The molecule has 0 radical (unpaired) electrons. The topological polar surface area (TPSA) is 75.6 Å². The van der Waals surface area contributed by atoms with Gasteiger partial charge in [0.15, 0.2) is 11.7 Å². The van der Waals surface area contributed by atoms with Crippen molar-refractivity contribution >= 4 is 11.9 Å². The van der Waals surface area contributed by atoms with Gasteiger partial charge in [-0.25, -0.2) is 4.79 Å². The first-order chi connectivity index (χ1) is 9.57. The molecule has 0 aromatic heterocycles. The average Bonchev–Trinajstić information content (AvgIpc) is 2.43. The molecular weight excluding hydrogens is 258 g/mol. The molecule has 0 saturated carbocycles. The van der Waals surface area contributed by atoms with Gasteiger partial charge in [-0.05, 0) is 30.9 Å². The maximum atomic E-state index is 12.3. The van der Waals surface area contributed by atoms with Gasteiger partial charge in [0.25, 0.3) is 0 Å². The minimum atomic E-state index is -1.74. The second-order valence-electron chi connectivity index (χ2n) is 4.31. The summed E-state index contributed by atoms with van der Waals surface area (Å²) in [5.41, 5.74) is -1.57. The molecule has 5 nitrogen and oxygen atoms in total. The van der Waals surface area contributed by atoms with Crippen molar-refractivity contribution in [3.8, 4) is 23.7 Å². The predicted molar refractivity (Wildman–Crippen MR) is 71.3 cm³/mol. The lowest BCUT2D eigenvalue weighted by Crippen LogP contribution is -2.44. The second kappa shape index (κ2) is 5.64. The third-order valence-electron chi connectivity index (χ3n) is 2.96. The van der Waals surface area contributed by atoms with Gasteiger partial charge in [0.05, 0.1) is 0 Å². The zero-order valence-electron chi connectivity index (χ0n) is 10.9. The number of carbonyl (C=O) groups is 2. The minimum absolute atomic E-state index is 0.166. The van der Waals surface area contributed by atoms with Crippen LogP contribution in [-0.4, -0.2) is 35.7 Å². The molecule has 0 heterocycles. The fourth-order valence-electron chi connectivity index (χ4n) is 1.93. The molecule has 2 unspecified atom stereocenters. The second-order valence-corrected chi connectivity index (χ2v) is 4.31. The van der Waals surface area contributed by atoms with Gasteiger partial charge in [0.1, 0.15) is 0 Å². The first kappa shape index (κ1) is 13.9. The van der Waals surface area contributed by atoms with Gasteiger partial charge in [-0.1, -0.05) is 23.8 Å². The molecule has 2 aliphatic carbocycles. The first-order valence-corrected chi connectivity index (χ1v) is 6.11. The predicted octanol–water partition coefficient (Wildman–Crippen LogP) is 0.308. The summed E-state index contributed by atoms with van der Waals surface area (Å²) in [4.78, 5) is 23.7. The van der Waals surface area contributed by atoms with Crippen molar-refractivity contribution in [3.63, 3.8) is 0 Å². The number of aliphatic hydroxyl groups is 1. The molecule has 0 aromatic rings. The highest BCUT2D eigenvalue weighted by Crippen LogP contribution is 2.27. The molecule has 2 rings (SSSR count). The lowest BCUT2D eigenvalue weighted by Gasteiger charge is -2.28. The number of hydrogen-bond donors (Lipinski definition) is 2. The number of carbonyl (C=O) groups excluding carboxylic acids is 2. The van der Waals surface area contributed by atoms with E-state index in [-0.39, 0.29) is 12.0 Å². The van der Waals surface area contributed by atoms with E-state index < -0.39 is 23.6 Å². The van der Waals surface area contributed by atoms with Crippen LogP contribution in [0, 0.1) is 23.7 Å². The van der Waals surface area contributed by atoms with E-state index in [0.717, 1.165) is 0 Å². The summed E-state index contributed by atoms with van der Waals surface area (Å²) in [6.07, 6.45) is 3.52. The van der Waals surface area contributed by atoms with Crippen molar-refractivity contribution in [2.24, 2.45) is 0 Å². The van der Waals surface area contributed by atoms with Crippen molar-refractivity contribution < 1.29 is 19.4 Å². The van der Waals surface area contributed by atoms with Gasteiger partial charge in [-0.3, -0.25) is 4.79 Å². The van der Waals surface area contributed by atoms with Crippen LogP contribution in [0.25, 0.3) is 0 Å². The van der Waals surface area contributed by atoms with Crippen LogP contribution in [0.3, 0.4) is 0 Å². The van der Waals surface area contributed by atoms with Gasteiger partial charge in [0.2, 0.25) is 5.78 Å². The maximum absolute atomic E-state index is 12.3. The van der Waals surface area contributed by atoms with E-state index >= 15 is 0 Å². The third-order valence-corrected chi connectivity index (χ3v) is 2.96. The number of Topliss-reactive ketones (excluding diaryl/α,β-unsaturated/α-hetero) is 1. The van der Waals surface area contributed by atoms with E-state index in [1.165, 1.54) is 19.2 Å². The summed E-state index contributed by atoms with van der Waals surface area (Å²) in [5.74, 6) is 9.90. The normalized spacial score (nSPS) is 28.8. The molecule has 0 aromatic carbocycles. The van der Waals surface area contributed by atoms with Crippen LogP contribution in [0.5, 0.6) is 0 Å². The fraction of sp³-hybridized carbons (Fsp3) is 0.333. The van der Waals surface area contributed by atoms with Crippen molar-refractivity contribution in [1.82, 2.24) is 5.32 Å². The number of allylic oxidation sites excluding steroid dienone is 3. The lowest BCUT2D eigenvalue weighted by molar-refractivity contribution is -0.130. The number of fused-ring (bicyclic) bond motifs is 2. The Labute approximate surface area is 116 Å². The van der Waals surface area contributed by atoms with Gasteiger partial charge in [0, 0.05) is 12.6 Å². The Kier molecular flexibility index (Phi) is 3.93. The van der Waals surface area contributed by atoms with Gasteiger partial charge < -0.3 is 15.2 Å². The molecule has 0 spiro atoms. The smallest absolute Gasteiger partial charge is 0.408 e. The summed E-state index contributed by atoms with van der Waals surface area (Å²) >= 11 is 0. The van der Waals surface area contributed by atoms with Crippen LogP contribution in [0.15, 0.2) is 23.8 Å². The van der Waals surface area contributed by atoms with E-state index in [1.54, 1.807) is 6.08 Å². The largest absolute Gasteiger partial charge is 0.428 e. The number of hydrogen-bond acceptors (Lipinski definition) is 4. The van der Waals surface area contributed by atoms with Crippen molar-refractivity contribution in [1.29, 1.82) is 0 Å². The fourth-order valence-corrected chi connectivity index (χ4v) is 1.93. The zero-order valence-corrected chi connectivity index (χ0v) is 10.9. The van der Waals surface area contributed by atoms with Crippen molar-refractivity contribution in [2.45, 2.75) is 24.5 Å². The SMILES string of the molecule is CNC(=O)OC1C#C/C=C/C#CC2(O)CCC=C1C2=O. The Balaban J connectivity index is 2.43. The van der Waals surface area contributed by atoms with E-state index in [1.807, 2.05) is 0 Å². The molecule has 0 fully saturated rings. The molecule has 2 bridgehead atoms.